The summed E-state index contributed by atoms with van der Waals surface area (Å²) in [5.41, 5.74) is 2.86. The van der Waals surface area contributed by atoms with Crippen molar-refractivity contribution in [3.63, 3.8) is 0 Å². The van der Waals surface area contributed by atoms with Crippen LogP contribution in [-0.4, -0.2) is 21.2 Å². The van der Waals surface area contributed by atoms with Crippen LogP contribution in [0.5, 0.6) is 0 Å². The summed E-state index contributed by atoms with van der Waals surface area (Å²) in [5.74, 6) is 3.33. The third-order valence-electron chi connectivity index (χ3n) is 4.34. The van der Waals surface area contributed by atoms with E-state index in [2.05, 4.69) is 10.3 Å². The highest BCUT2D eigenvalue weighted by Gasteiger charge is 2.26. The second kappa shape index (κ2) is 6.72. The Balaban J connectivity index is 1.63. The highest BCUT2D eigenvalue weighted by Crippen LogP contribution is 2.38. The topological polar surface area (TPSA) is 60.1 Å². The molecule has 4 heterocycles. The maximum atomic E-state index is 13.0. The summed E-state index contributed by atoms with van der Waals surface area (Å²) < 4.78 is 7.60. The lowest BCUT2D eigenvalue weighted by Crippen LogP contribution is -2.25. The molecule has 7 heteroatoms. The van der Waals surface area contributed by atoms with Crippen LogP contribution in [0.4, 0.5) is 0 Å². The molecule has 0 bridgehead atoms. The van der Waals surface area contributed by atoms with Crippen molar-refractivity contribution in [1.82, 2.24) is 14.9 Å². The molecule has 1 aliphatic heterocycles. The Bertz CT molecular complexity index is 890. The Labute approximate surface area is 154 Å². The van der Waals surface area contributed by atoms with E-state index in [1.807, 2.05) is 54.7 Å². The van der Waals surface area contributed by atoms with Gasteiger partial charge in [0.15, 0.2) is 0 Å². The number of oxazole rings is 1. The number of thiophene rings is 1. The molecule has 0 fully saturated rings. The van der Waals surface area contributed by atoms with Gasteiger partial charge in [0, 0.05) is 23.0 Å². The van der Waals surface area contributed by atoms with Crippen molar-refractivity contribution < 1.29 is 9.21 Å². The number of aryl methyl sites for hydroxylation is 2. The van der Waals surface area contributed by atoms with Gasteiger partial charge in [-0.3, -0.25) is 4.79 Å². The molecule has 1 amide bonds. The predicted molar refractivity (Wildman–Crippen MR) is 101 cm³/mol. The number of aromatic nitrogens is 2. The molecule has 25 heavy (non-hydrogen) atoms. The van der Waals surface area contributed by atoms with Crippen LogP contribution in [0.2, 0.25) is 0 Å². The van der Waals surface area contributed by atoms with Gasteiger partial charge >= 0.3 is 0 Å². The highest BCUT2D eigenvalue weighted by molar-refractivity contribution is 7.98. The number of nitrogens with zero attached hydrogens (tertiary/aromatic N) is 2. The van der Waals surface area contributed by atoms with Gasteiger partial charge in [-0.15, -0.1) is 11.3 Å². The number of fused-ring (bicyclic) bond motifs is 1. The lowest BCUT2D eigenvalue weighted by molar-refractivity contribution is 0.0946. The smallest absolute Gasteiger partial charge is 0.255 e. The van der Waals surface area contributed by atoms with Crippen molar-refractivity contribution in [3.8, 4) is 5.00 Å². The van der Waals surface area contributed by atoms with Crippen LogP contribution in [0.1, 0.15) is 38.1 Å². The Hall–Kier alpha value is -1.99. The van der Waals surface area contributed by atoms with Gasteiger partial charge < -0.3 is 14.3 Å². The Morgan fingerprint density at radius 2 is 2.16 bits per heavy atom. The van der Waals surface area contributed by atoms with Gasteiger partial charge in [-0.25, -0.2) is 4.98 Å². The summed E-state index contributed by atoms with van der Waals surface area (Å²) in [4.78, 5) is 18.6. The Kier molecular flexibility index (Phi) is 4.43. The predicted octanol–water partition coefficient (Wildman–Crippen LogP) is 3.86. The van der Waals surface area contributed by atoms with Crippen LogP contribution in [0, 0.1) is 13.8 Å². The first kappa shape index (κ1) is 16.5. The van der Waals surface area contributed by atoms with Gasteiger partial charge in [-0.1, -0.05) is 0 Å². The minimum absolute atomic E-state index is 0.0541. The lowest BCUT2D eigenvalue weighted by atomic mass is 10.1. The fraction of sp³-hybridized carbons (Fsp3) is 0.333. The molecule has 0 aliphatic carbocycles. The molecule has 4 rings (SSSR count). The van der Waals surface area contributed by atoms with Crippen LogP contribution >= 0.6 is 23.1 Å². The molecule has 5 nitrogen and oxygen atoms in total. The summed E-state index contributed by atoms with van der Waals surface area (Å²) in [5, 5.41) is 3.98. The van der Waals surface area contributed by atoms with Crippen molar-refractivity contribution >= 4 is 29.0 Å². The van der Waals surface area contributed by atoms with E-state index in [0.29, 0.717) is 12.4 Å². The van der Waals surface area contributed by atoms with Crippen molar-refractivity contribution in [2.75, 3.05) is 5.75 Å². The van der Waals surface area contributed by atoms with Crippen LogP contribution in [0.3, 0.4) is 0 Å². The van der Waals surface area contributed by atoms with E-state index in [0.717, 1.165) is 39.9 Å². The number of amides is 1. The van der Waals surface area contributed by atoms with E-state index < -0.39 is 0 Å². The molecular weight excluding hydrogens is 354 g/mol. The molecule has 3 aromatic heterocycles. The molecule has 130 valence electrons. The number of carbonyl (C=O) groups is 1. The van der Waals surface area contributed by atoms with E-state index in [1.54, 1.807) is 11.3 Å². The molecule has 0 radical (unpaired) electrons. The summed E-state index contributed by atoms with van der Waals surface area (Å²) in [7, 11) is 0. The second-order valence-electron chi connectivity index (χ2n) is 6.01. The molecule has 0 spiro atoms. The number of hydrogen-bond acceptors (Lipinski definition) is 5. The minimum Gasteiger partial charge on any atom is -0.444 e. The van der Waals surface area contributed by atoms with Gasteiger partial charge in [0.1, 0.15) is 10.8 Å². The van der Waals surface area contributed by atoms with Gasteiger partial charge in [0.2, 0.25) is 5.89 Å². The van der Waals surface area contributed by atoms with Crippen LogP contribution < -0.4 is 5.32 Å². The number of carbonyl (C=O) groups excluding carboxylic acids is 1. The fourth-order valence-electron chi connectivity index (χ4n) is 2.96. The second-order valence-corrected chi connectivity index (χ2v) is 8.20. The van der Waals surface area contributed by atoms with Gasteiger partial charge in [-0.2, -0.15) is 11.8 Å². The summed E-state index contributed by atoms with van der Waals surface area (Å²) >= 11 is 3.65. The third kappa shape index (κ3) is 3.14. The number of hydrogen-bond donors (Lipinski definition) is 1. The van der Waals surface area contributed by atoms with Gasteiger partial charge in [0.05, 0.1) is 17.8 Å². The molecule has 0 saturated heterocycles. The van der Waals surface area contributed by atoms with E-state index in [1.165, 1.54) is 10.4 Å². The van der Waals surface area contributed by atoms with Crippen molar-refractivity contribution in [3.05, 3.63) is 57.9 Å². The van der Waals surface area contributed by atoms with E-state index in [9.17, 15) is 4.79 Å². The number of rotatable bonds is 4. The first-order chi connectivity index (χ1) is 12.1. The maximum absolute atomic E-state index is 13.0. The normalized spacial score (nSPS) is 13.7. The van der Waals surface area contributed by atoms with Crippen LogP contribution in [-0.2, 0) is 18.7 Å². The number of nitrogens with one attached hydrogen (secondary N) is 1. The SMILES string of the molecule is Cc1nc(CNC(=O)c2c(-n3cccc3)sc3c2CCSC3)oc1C. The molecule has 0 unspecified atom stereocenters. The average molecular weight is 374 g/mol. The number of thioether (sulfide) groups is 1. The molecule has 0 saturated carbocycles. The van der Waals surface area contributed by atoms with Crippen molar-refractivity contribution in [2.45, 2.75) is 32.6 Å². The Morgan fingerprint density at radius 1 is 1.36 bits per heavy atom. The zero-order chi connectivity index (χ0) is 17.4. The molecular formula is C18H19N3O2S2. The maximum Gasteiger partial charge on any atom is 0.255 e. The van der Waals surface area contributed by atoms with Crippen LogP contribution in [0.25, 0.3) is 5.00 Å². The fourth-order valence-corrected chi connectivity index (χ4v) is 5.41. The van der Waals surface area contributed by atoms with E-state index in [4.69, 9.17) is 4.42 Å². The minimum atomic E-state index is -0.0541. The summed E-state index contributed by atoms with van der Waals surface area (Å²) in [6.45, 7) is 4.09. The molecule has 0 atom stereocenters. The first-order valence-corrected chi connectivity index (χ1v) is 10.2. The van der Waals surface area contributed by atoms with Gasteiger partial charge in [-0.05, 0) is 43.7 Å². The van der Waals surface area contributed by atoms with E-state index in [-0.39, 0.29) is 5.91 Å². The monoisotopic (exact) mass is 373 g/mol. The zero-order valence-corrected chi connectivity index (χ0v) is 15.8. The summed E-state index contributed by atoms with van der Waals surface area (Å²) in [6.07, 6.45) is 4.92. The quantitative estimate of drug-likeness (QED) is 0.754. The standard InChI is InChI=1S/C18H19N3O2S2/c1-11-12(2)23-15(20-11)9-19-17(22)16-13-5-8-24-10-14(13)25-18(16)21-6-3-4-7-21/h3-4,6-7H,5,8-10H2,1-2H3,(H,19,22). The zero-order valence-electron chi connectivity index (χ0n) is 14.2. The largest absolute Gasteiger partial charge is 0.444 e. The highest BCUT2D eigenvalue weighted by atomic mass is 32.2. The lowest BCUT2D eigenvalue weighted by Gasteiger charge is -2.12. The molecule has 1 aliphatic rings. The summed E-state index contributed by atoms with van der Waals surface area (Å²) in [6, 6.07) is 3.96. The molecule has 0 aromatic carbocycles. The molecule has 1 N–H and O–H groups in total. The van der Waals surface area contributed by atoms with Crippen molar-refractivity contribution in [1.29, 1.82) is 0 Å². The van der Waals surface area contributed by atoms with Crippen LogP contribution in [0.15, 0.2) is 28.9 Å². The van der Waals surface area contributed by atoms with Crippen molar-refractivity contribution in [2.24, 2.45) is 0 Å². The third-order valence-corrected chi connectivity index (χ3v) is 6.75. The first-order valence-electron chi connectivity index (χ1n) is 8.20. The molecule has 3 aromatic rings. The Morgan fingerprint density at radius 3 is 2.88 bits per heavy atom. The average Bonchev–Trinajstić information content (AvgIpc) is 3.31. The van der Waals surface area contributed by atoms with E-state index >= 15 is 0 Å². The van der Waals surface area contributed by atoms with Gasteiger partial charge in [0.25, 0.3) is 5.91 Å².